The van der Waals surface area contributed by atoms with Crippen LogP contribution in [-0.2, 0) is 11.2 Å². The highest BCUT2D eigenvalue weighted by molar-refractivity contribution is 7.19. The van der Waals surface area contributed by atoms with E-state index >= 15 is 0 Å². The number of nitrogen functional groups attached to an aromatic ring is 1. The highest BCUT2D eigenvalue weighted by Gasteiger charge is 2.25. The summed E-state index contributed by atoms with van der Waals surface area (Å²) >= 11 is 1.57. The summed E-state index contributed by atoms with van der Waals surface area (Å²) < 4.78 is 7.17. The van der Waals surface area contributed by atoms with E-state index < -0.39 is 11.9 Å². The molecule has 1 aliphatic heterocycles. The van der Waals surface area contributed by atoms with Gasteiger partial charge in [-0.1, -0.05) is 12.1 Å². The summed E-state index contributed by atoms with van der Waals surface area (Å²) in [5, 5.41) is 18.5. The zero-order valence-electron chi connectivity index (χ0n) is 18.7. The van der Waals surface area contributed by atoms with Gasteiger partial charge in [0.05, 0.1) is 18.3 Å². The first-order valence-electron chi connectivity index (χ1n) is 10.9. The molecule has 2 atom stereocenters. The van der Waals surface area contributed by atoms with E-state index in [0.717, 1.165) is 51.6 Å². The predicted molar refractivity (Wildman–Crippen MR) is 133 cm³/mol. The molecule has 172 valence electrons. The number of nitrogens with one attached hydrogen (secondary N) is 1. The molecule has 4 N–H and O–H groups in total. The lowest BCUT2D eigenvalue weighted by molar-refractivity contribution is -0.138. The fourth-order valence-corrected chi connectivity index (χ4v) is 5.24. The summed E-state index contributed by atoms with van der Waals surface area (Å²) in [4.78, 5) is 19.5. The van der Waals surface area contributed by atoms with Crippen LogP contribution in [0.1, 0.15) is 35.3 Å². The quantitative estimate of drug-likeness (QED) is 0.360. The molecule has 1 unspecified atom stereocenters. The number of nitrogens with zero attached hydrogens (tertiary/aromatic N) is 2. The van der Waals surface area contributed by atoms with Crippen LogP contribution in [0.5, 0.6) is 5.75 Å². The van der Waals surface area contributed by atoms with Gasteiger partial charge in [0.25, 0.3) is 0 Å². The fraction of sp³-hybridized carbons (Fsp3) is 0.320. The van der Waals surface area contributed by atoms with Crippen molar-refractivity contribution < 1.29 is 14.6 Å². The second kappa shape index (κ2) is 9.62. The number of aliphatic imine (C=N–C) groups is 1. The number of carboxylic acids is 1. The highest BCUT2D eigenvalue weighted by Crippen LogP contribution is 2.32. The third-order valence-corrected chi connectivity index (χ3v) is 7.23. The first-order valence-corrected chi connectivity index (χ1v) is 11.7. The summed E-state index contributed by atoms with van der Waals surface area (Å²) in [5.74, 6) is 0.282. The Morgan fingerprint density at radius 3 is 2.73 bits per heavy atom. The maximum absolute atomic E-state index is 12.1. The molecule has 1 aliphatic rings. The summed E-state index contributed by atoms with van der Waals surface area (Å²) in [7, 11) is 1.79. The third-order valence-electron chi connectivity index (χ3n) is 6.09. The Kier molecular flexibility index (Phi) is 6.65. The summed E-state index contributed by atoms with van der Waals surface area (Å²) in [6, 6.07) is 15.0. The number of amidine groups is 2. The summed E-state index contributed by atoms with van der Waals surface area (Å²) in [6.45, 7) is 3.73. The van der Waals surface area contributed by atoms with Crippen molar-refractivity contribution in [2.24, 2.45) is 10.7 Å². The van der Waals surface area contributed by atoms with Crippen LogP contribution in [0.15, 0.2) is 53.5 Å². The molecule has 7 nitrogen and oxygen atoms in total. The number of fused-ring (bicyclic) bond motifs is 1. The molecule has 0 amide bonds. The summed E-state index contributed by atoms with van der Waals surface area (Å²) in [6.07, 6.45) is 1.43. The van der Waals surface area contributed by atoms with E-state index in [2.05, 4.69) is 9.89 Å². The number of hydrogen-bond acceptors (Lipinski definition) is 5. The van der Waals surface area contributed by atoms with Crippen LogP contribution in [-0.4, -0.2) is 53.9 Å². The van der Waals surface area contributed by atoms with Crippen LogP contribution in [0.2, 0.25) is 0 Å². The number of nitrogens with two attached hydrogens (primary N) is 1. The van der Waals surface area contributed by atoms with Crippen molar-refractivity contribution in [1.82, 2.24) is 4.90 Å². The molecule has 2 aromatic carbocycles. The van der Waals surface area contributed by atoms with E-state index in [1.165, 1.54) is 0 Å². The van der Waals surface area contributed by atoms with E-state index in [0.29, 0.717) is 12.0 Å². The lowest BCUT2D eigenvalue weighted by Gasteiger charge is -2.18. The second-order valence-electron chi connectivity index (χ2n) is 8.29. The Balaban J connectivity index is 1.45. The monoisotopic (exact) mass is 464 g/mol. The first kappa shape index (κ1) is 22.8. The zero-order chi connectivity index (χ0) is 23.5. The lowest BCUT2D eigenvalue weighted by atomic mass is 9.95. The number of aliphatic carboxylic acids is 1. The molecule has 0 spiro atoms. The van der Waals surface area contributed by atoms with Crippen molar-refractivity contribution in [2.45, 2.75) is 31.8 Å². The van der Waals surface area contributed by atoms with Crippen LogP contribution < -0.4 is 10.5 Å². The molecule has 0 saturated carbocycles. The molecule has 0 bridgehead atoms. The van der Waals surface area contributed by atoms with Crippen molar-refractivity contribution in [3.8, 4) is 5.75 Å². The summed E-state index contributed by atoms with van der Waals surface area (Å²) in [5.41, 5.74) is 7.00. The largest absolute Gasteiger partial charge is 0.489 e. The Hall–Kier alpha value is -3.39. The van der Waals surface area contributed by atoms with Gasteiger partial charge in [0.1, 0.15) is 17.7 Å². The van der Waals surface area contributed by atoms with Crippen LogP contribution in [0.3, 0.4) is 0 Å². The van der Waals surface area contributed by atoms with Crippen molar-refractivity contribution in [1.29, 1.82) is 5.41 Å². The predicted octanol–water partition coefficient (Wildman–Crippen LogP) is 4.10. The van der Waals surface area contributed by atoms with Gasteiger partial charge in [-0.2, -0.15) is 0 Å². The molecule has 0 aliphatic carbocycles. The van der Waals surface area contributed by atoms with E-state index in [1.54, 1.807) is 18.4 Å². The van der Waals surface area contributed by atoms with Gasteiger partial charge in [-0.3, -0.25) is 15.2 Å². The molecule has 0 radical (unpaired) electrons. The highest BCUT2D eigenvalue weighted by atomic mass is 32.1. The fourth-order valence-electron chi connectivity index (χ4n) is 4.15. The SMILES string of the molecule is CN=C(C)N1CC[C@H](Oc2ccc(C(Cc3cc4cc(C(=N)N)ccc4s3)C(=O)O)cc2)C1. The van der Waals surface area contributed by atoms with Gasteiger partial charge in [-0.15, -0.1) is 11.3 Å². The second-order valence-corrected chi connectivity index (χ2v) is 9.46. The van der Waals surface area contributed by atoms with Gasteiger partial charge in [0.15, 0.2) is 0 Å². The average Bonchev–Trinajstić information content (AvgIpc) is 3.43. The number of carbonyl (C=O) groups is 1. The van der Waals surface area contributed by atoms with E-state index in [-0.39, 0.29) is 11.9 Å². The molecule has 3 aromatic rings. The maximum atomic E-state index is 12.1. The smallest absolute Gasteiger partial charge is 0.311 e. The van der Waals surface area contributed by atoms with Crippen LogP contribution in [0.4, 0.5) is 0 Å². The molecule has 8 heteroatoms. The van der Waals surface area contributed by atoms with Crippen molar-refractivity contribution in [2.75, 3.05) is 20.1 Å². The maximum Gasteiger partial charge on any atom is 0.311 e. The van der Waals surface area contributed by atoms with E-state index in [4.69, 9.17) is 15.9 Å². The van der Waals surface area contributed by atoms with Gasteiger partial charge in [-0.25, -0.2) is 0 Å². The number of hydrogen-bond donors (Lipinski definition) is 3. The minimum absolute atomic E-state index is 0.0225. The Morgan fingerprint density at radius 2 is 2.06 bits per heavy atom. The van der Waals surface area contributed by atoms with Gasteiger partial charge in [-0.05, 0) is 60.7 Å². The Labute approximate surface area is 197 Å². The molecule has 33 heavy (non-hydrogen) atoms. The van der Waals surface area contributed by atoms with Gasteiger partial charge >= 0.3 is 5.97 Å². The Bertz CT molecular complexity index is 1200. The number of likely N-dealkylation sites (tertiary alicyclic amines) is 1. The lowest BCUT2D eigenvalue weighted by Crippen LogP contribution is -2.29. The standard InChI is InChI=1S/C25H28N4O3S/c1-15(28-2)29-10-9-20(14-29)32-19-6-3-16(4-7-19)22(25(30)31)13-21-12-18-11-17(24(26)27)5-8-23(18)33-21/h3-8,11-12,20,22H,9-10,13-14H2,1-2H3,(H3,26,27)(H,30,31)/t20-,22?/m0/s1. The van der Waals surface area contributed by atoms with Crippen molar-refractivity contribution in [3.63, 3.8) is 0 Å². The molecule has 1 fully saturated rings. The van der Waals surface area contributed by atoms with Crippen molar-refractivity contribution in [3.05, 3.63) is 64.5 Å². The minimum atomic E-state index is -0.855. The van der Waals surface area contributed by atoms with Gasteiger partial charge in [0.2, 0.25) is 0 Å². The third kappa shape index (κ3) is 5.17. The van der Waals surface area contributed by atoms with E-state index in [9.17, 15) is 9.90 Å². The molecular formula is C25H28N4O3S. The Morgan fingerprint density at radius 1 is 1.30 bits per heavy atom. The van der Waals surface area contributed by atoms with Gasteiger partial charge in [0, 0.05) is 35.2 Å². The van der Waals surface area contributed by atoms with Crippen LogP contribution in [0, 0.1) is 5.41 Å². The number of benzene rings is 2. The number of rotatable bonds is 7. The first-order chi connectivity index (χ1) is 15.8. The molecule has 1 aromatic heterocycles. The minimum Gasteiger partial charge on any atom is -0.489 e. The van der Waals surface area contributed by atoms with E-state index in [1.807, 2.05) is 55.5 Å². The van der Waals surface area contributed by atoms with Gasteiger partial charge < -0.3 is 20.5 Å². The normalized spacial score (nSPS) is 17.3. The molecule has 2 heterocycles. The molecule has 4 rings (SSSR count). The number of thiophene rings is 1. The number of ether oxygens (including phenoxy) is 1. The zero-order valence-corrected chi connectivity index (χ0v) is 19.6. The van der Waals surface area contributed by atoms with Crippen LogP contribution >= 0.6 is 11.3 Å². The number of carboxylic acid groups (broad SMARTS) is 1. The average molecular weight is 465 g/mol. The molecular weight excluding hydrogens is 436 g/mol. The topological polar surface area (TPSA) is 112 Å². The van der Waals surface area contributed by atoms with Crippen LogP contribution in [0.25, 0.3) is 10.1 Å². The van der Waals surface area contributed by atoms with Crippen molar-refractivity contribution >= 4 is 39.1 Å². The molecule has 1 saturated heterocycles.